The maximum absolute atomic E-state index is 12.5. The number of hydrogen-bond donors (Lipinski definition) is 2. The first-order chi connectivity index (χ1) is 12.4. The molecule has 2 aromatic rings. The van der Waals surface area contributed by atoms with Crippen LogP contribution in [0.15, 0.2) is 42.5 Å². The molecule has 0 aromatic heterocycles. The number of amides is 2. The Morgan fingerprint density at radius 2 is 1.54 bits per heavy atom. The highest BCUT2D eigenvalue weighted by molar-refractivity contribution is 6.03. The number of aryl methyl sites for hydroxylation is 2. The molecule has 2 unspecified atom stereocenters. The van der Waals surface area contributed by atoms with Crippen LogP contribution < -0.4 is 10.6 Å². The second-order valence-corrected chi connectivity index (χ2v) is 7.49. The number of nitrogens with one attached hydrogen (secondary N) is 2. The molecule has 0 heterocycles. The smallest absolute Gasteiger partial charge is 0.228 e. The largest absolute Gasteiger partial charge is 0.326 e. The van der Waals surface area contributed by atoms with E-state index in [2.05, 4.69) is 24.5 Å². The van der Waals surface area contributed by atoms with Crippen LogP contribution in [0.4, 0.5) is 11.4 Å². The zero-order valence-corrected chi connectivity index (χ0v) is 15.8. The molecule has 1 saturated carbocycles. The molecule has 136 valence electrons. The monoisotopic (exact) mass is 350 g/mol. The number of hydrogen-bond acceptors (Lipinski definition) is 2. The van der Waals surface area contributed by atoms with Crippen LogP contribution in [-0.4, -0.2) is 11.8 Å². The molecule has 2 N–H and O–H groups in total. The van der Waals surface area contributed by atoms with Crippen LogP contribution in [0.5, 0.6) is 0 Å². The maximum Gasteiger partial charge on any atom is 0.228 e. The van der Waals surface area contributed by atoms with Crippen molar-refractivity contribution in [3.05, 3.63) is 59.2 Å². The van der Waals surface area contributed by atoms with Gasteiger partial charge in [0.1, 0.15) is 0 Å². The van der Waals surface area contributed by atoms with Crippen molar-refractivity contribution in [2.24, 2.45) is 11.8 Å². The lowest BCUT2D eigenvalue weighted by Crippen LogP contribution is -2.21. The van der Waals surface area contributed by atoms with E-state index in [1.807, 2.05) is 56.3 Å². The van der Waals surface area contributed by atoms with Gasteiger partial charge in [-0.05, 0) is 49.4 Å². The molecule has 3 rings (SSSR count). The summed E-state index contributed by atoms with van der Waals surface area (Å²) in [4.78, 5) is 25.0. The van der Waals surface area contributed by atoms with Gasteiger partial charge in [0, 0.05) is 11.4 Å². The summed E-state index contributed by atoms with van der Waals surface area (Å²) in [6.45, 7) is 8.20. The third kappa shape index (κ3) is 3.96. The van der Waals surface area contributed by atoms with E-state index in [4.69, 9.17) is 0 Å². The highest BCUT2D eigenvalue weighted by Crippen LogP contribution is 2.41. The van der Waals surface area contributed by atoms with Gasteiger partial charge in [-0.3, -0.25) is 9.59 Å². The van der Waals surface area contributed by atoms with Gasteiger partial charge in [-0.25, -0.2) is 0 Å². The van der Waals surface area contributed by atoms with Gasteiger partial charge in [-0.2, -0.15) is 0 Å². The molecule has 0 saturated heterocycles. The molecule has 0 aliphatic heterocycles. The fourth-order valence-electron chi connectivity index (χ4n) is 3.29. The normalized spacial score (nSPS) is 18.5. The predicted molar refractivity (Wildman–Crippen MR) is 105 cm³/mol. The molecule has 0 radical (unpaired) electrons. The van der Waals surface area contributed by atoms with Gasteiger partial charge < -0.3 is 10.6 Å². The minimum absolute atomic E-state index is 0.0705. The third-order valence-corrected chi connectivity index (χ3v) is 4.94. The van der Waals surface area contributed by atoms with Crippen LogP contribution in [-0.2, 0) is 9.59 Å². The summed E-state index contributed by atoms with van der Waals surface area (Å²) in [6, 6.07) is 13.8. The van der Waals surface area contributed by atoms with Gasteiger partial charge in [0.2, 0.25) is 11.8 Å². The first kappa shape index (κ1) is 18.2. The summed E-state index contributed by atoms with van der Waals surface area (Å²) in [6.07, 6.45) is 0.604. The number of carbonyl (C=O) groups excluding carboxylic acids is 2. The Morgan fingerprint density at radius 1 is 0.923 bits per heavy atom. The van der Waals surface area contributed by atoms with Gasteiger partial charge in [-0.1, -0.05) is 49.7 Å². The number of rotatable bonds is 5. The minimum atomic E-state index is -0.249. The maximum atomic E-state index is 12.5. The van der Waals surface area contributed by atoms with Crippen molar-refractivity contribution in [1.82, 2.24) is 0 Å². The van der Waals surface area contributed by atoms with E-state index >= 15 is 0 Å². The van der Waals surface area contributed by atoms with Crippen molar-refractivity contribution >= 4 is 23.2 Å². The van der Waals surface area contributed by atoms with E-state index < -0.39 is 0 Å². The van der Waals surface area contributed by atoms with Crippen molar-refractivity contribution < 1.29 is 9.59 Å². The van der Waals surface area contributed by atoms with Crippen molar-refractivity contribution in [2.45, 2.75) is 40.0 Å². The average molecular weight is 350 g/mol. The van der Waals surface area contributed by atoms with E-state index in [1.165, 1.54) is 0 Å². The van der Waals surface area contributed by atoms with E-state index in [0.717, 1.165) is 28.1 Å². The third-order valence-electron chi connectivity index (χ3n) is 4.94. The topological polar surface area (TPSA) is 58.2 Å². The molecule has 2 aromatic carbocycles. The molecule has 2 atom stereocenters. The van der Waals surface area contributed by atoms with Crippen molar-refractivity contribution in [3.8, 4) is 0 Å². The van der Waals surface area contributed by atoms with Crippen LogP contribution in [0, 0.1) is 25.7 Å². The molecule has 4 heteroatoms. The Kier molecular flexibility index (Phi) is 5.12. The molecule has 2 amide bonds. The second-order valence-electron chi connectivity index (χ2n) is 7.49. The van der Waals surface area contributed by atoms with Crippen LogP contribution in [0.1, 0.15) is 42.9 Å². The van der Waals surface area contributed by atoms with Crippen molar-refractivity contribution in [2.75, 3.05) is 10.6 Å². The first-order valence-electron chi connectivity index (χ1n) is 9.14. The van der Waals surface area contributed by atoms with Crippen LogP contribution in [0.2, 0.25) is 0 Å². The highest BCUT2D eigenvalue weighted by Gasteiger charge is 2.48. The Labute approximate surface area is 155 Å². The van der Waals surface area contributed by atoms with Gasteiger partial charge in [-0.15, -0.1) is 0 Å². The van der Waals surface area contributed by atoms with Crippen LogP contribution >= 0.6 is 0 Å². The lowest BCUT2D eigenvalue weighted by atomic mass is 10.0. The van der Waals surface area contributed by atoms with Gasteiger partial charge in [0.25, 0.3) is 0 Å². The molecule has 4 nitrogen and oxygen atoms in total. The fourth-order valence-corrected chi connectivity index (χ4v) is 3.29. The Morgan fingerprint density at radius 3 is 2.15 bits per heavy atom. The molecule has 26 heavy (non-hydrogen) atoms. The zero-order chi connectivity index (χ0) is 18.8. The highest BCUT2D eigenvalue weighted by atomic mass is 16.2. The molecule has 1 aliphatic rings. The van der Waals surface area contributed by atoms with Crippen molar-refractivity contribution in [3.63, 3.8) is 0 Å². The van der Waals surface area contributed by atoms with Crippen LogP contribution in [0.25, 0.3) is 0 Å². The summed E-state index contributed by atoms with van der Waals surface area (Å²) in [5, 5.41) is 5.96. The van der Waals surface area contributed by atoms with E-state index in [1.54, 1.807) is 0 Å². The Bertz CT molecular complexity index is 842. The lowest BCUT2D eigenvalue weighted by Gasteiger charge is -2.13. The zero-order valence-electron chi connectivity index (χ0n) is 15.8. The molecular formula is C22H26N2O2. The van der Waals surface area contributed by atoms with Gasteiger partial charge in [0.15, 0.2) is 0 Å². The number of para-hydroxylation sites is 1. The van der Waals surface area contributed by atoms with E-state index in [9.17, 15) is 9.59 Å². The summed E-state index contributed by atoms with van der Waals surface area (Å²) in [7, 11) is 0. The summed E-state index contributed by atoms with van der Waals surface area (Å²) < 4.78 is 0. The average Bonchev–Trinajstić information content (AvgIpc) is 3.38. The predicted octanol–water partition coefficient (Wildman–Crippen LogP) is 4.64. The van der Waals surface area contributed by atoms with E-state index in [-0.39, 0.29) is 23.7 Å². The van der Waals surface area contributed by atoms with Gasteiger partial charge >= 0.3 is 0 Å². The number of benzene rings is 2. The Balaban J connectivity index is 1.61. The number of carbonyl (C=O) groups is 2. The van der Waals surface area contributed by atoms with Crippen molar-refractivity contribution in [1.29, 1.82) is 0 Å². The van der Waals surface area contributed by atoms with E-state index in [0.29, 0.717) is 12.3 Å². The second kappa shape index (κ2) is 7.32. The SMILES string of the molecule is Cc1ccc(NC(=O)C2CC2C(=O)Nc2ccccc2C(C)C)c(C)c1. The lowest BCUT2D eigenvalue weighted by molar-refractivity contribution is -0.122. The summed E-state index contributed by atoms with van der Waals surface area (Å²) in [5.74, 6) is -0.315. The molecule has 0 spiro atoms. The van der Waals surface area contributed by atoms with Gasteiger partial charge in [0.05, 0.1) is 11.8 Å². The Hall–Kier alpha value is -2.62. The molecule has 1 aliphatic carbocycles. The molecule has 1 fully saturated rings. The molecule has 0 bridgehead atoms. The quantitative estimate of drug-likeness (QED) is 0.825. The summed E-state index contributed by atoms with van der Waals surface area (Å²) >= 11 is 0. The standard InChI is InChI=1S/C22H26N2O2/c1-13(2)16-7-5-6-8-20(16)24-22(26)18-12-17(18)21(25)23-19-10-9-14(3)11-15(19)4/h5-11,13,17-18H,12H2,1-4H3,(H,23,25)(H,24,26). The number of anilines is 2. The molecular weight excluding hydrogens is 324 g/mol. The minimum Gasteiger partial charge on any atom is -0.326 e. The fraction of sp³-hybridized carbons (Fsp3) is 0.364. The first-order valence-corrected chi connectivity index (χ1v) is 9.14. The summed E-state index contributed by atoms with van der Waals surface area (Å²) in [5.41, 5.74) is 4.96. The van der Waals surface area contributed by atoms with Crippen LogP contribution in [0.3, 0.4) is 0 Å².